The molecule has 0 saturated carbocycles. The van der Waals surface area contributed by atoms with E-state index in [1.54, 1.807) is 6.08 Å². The number of aliphatic hydroxyl groups is 2. The number of hydrogen-bond acceptors (Lipinski definition) is 3. The minimum absolute atomic E-state index is 0.0749. The van der Waals surface area contributed by atoms with Gasteiger partial charge in [0.1, 0.15) is 11.9 Å². The van der Waals surface area contributed by atoms with Gasteiger partial charge in [-0.3, -0.25) is 0 Å². The normalized spacial score (nSPS) is 13.7. The van der Waals surface area contributed by atoms with E-state index in [1.807, 2.05) is 0 Å². The van der Waals surface area contributed by atoms with Gasteiger partial charge in [-0.1, -0.05) is 71.1 Å². The van der Waals surface area contributed by atoms with Gasteiger partial charge in [0.25, 0.3) is 0 Å². The van der Waals surface area contributed by atoms with Crippen molar-refractivity contribution in [3.8, 4) is 0 Å². The van der Waals surface area contributed by atoms with Crippen LogP contribution in [-0.4, -0.2) is 22.1 Å². The topological polar surface area (TPSA) is 40.5 Å². The Kier molecular flexibility index (Phi) is 14.2. The predicted octanol–water partition coefficient (Wildman–Crippen LogP) is 5.03. The standard InChI is InChI=1S/C16H32O2S/c1-2-3-4-5-6-7-8-9-10-11-12-15(17)16(18)13-14-19/h13,15,17-19H,2-12,14H2,1H3. The highest BCUT2D eigenvalue weighted by molar-refractivity contribution is 7.80. The van der Waals surface area contributed by atoms with Crippen LogP contribution in [0.2, 0.25) is 0 Å². The van der Waals surface area contributed by atoms with Gasteiger partial charge in [0, 0.05) is 5.75 Å². The van der Waals surface area contributed by atoms with Gasteiger partial charge in [-0.15, -0.1) is 0 Å². The molecule has 0 heterocycles. The van der Waals surface area contributed by atoms with Gasteiger partial charge in [0.15, 0.2) is 0 Å². The van der Waals surface area contributed by atoms with E-state index in [1.165, 1.54) is 51.4 Å². The van der Waals surface area contributed by atoms with Crippen LogP contribution in [0.1, 0.15) is 77.6 Å². The molecule has 0 spiro atoms. The maximum Gasteiger partial charge on any atom is 0.118 e. The molecule has 0 rings (SSSR count). The quantitative estimate of drug-likeness (QED) is 0.253. The molecule has 114 valence electrons. The zero-order valence-corrected chi connectivity index (χ0v) is 13.4. The molecule has 2 N–H and O–H groups in total. The Bertz CT molecular complexity index is 217. The third-order valence-corrected chi connectivity index (χ3v) is 3.66. The largest absolute Gasteiger partial charge is 0.510 e. The van der Waals surface area contributed by atoms with Gasteiger partial charge in [-0.2, -0.15) is 12.6 Å². The van der Waals surface area contributed by atoms with Crippen LogP contribution in [-0.2, 0) is 0 Å². The van der Waals surface area contributed by atoms with Crippen molar-refractivity contribution in [2.75, 3.05) is 5.75 Å². The first-order chi connectivity index (χ1) is 9.22. The highest BCUT2D eigenvalue weighted by Crippen LogP contribution is 2.13. The van der Waals surface area contributed by atoms with Crippen LogP contribution in [0, 0.1) is 0 Å². The first kappa shape index (κ1) is 18.9. The van der Waals surface area contributed by atoms with Crippen LogP contribution in [0.5, 0.6) is 0 Å². The van der Waals surface area contributed by atoms with Crippen molar-refractivity contribution in [3.05, 3.63) is 11.8 Å². The van der Waals surface area contributed by atoms with Crippen LogP contribution in [0.15, 0.2) is 11.8 Å². The second-order valence-electron chi connectivity index (χ2n) is 5.30. The summed E-state index contributed by atoms with van der Waals surface area (Å²) < 4.78 is 0. The van der Waals surface area contributed by atoms with E-state index in [0.29, 0.717) is 12.2 Å². The molecule has 0 amide bonds. The van der Waals surface area contributed by atoms with Crippen LogP contribution in [0.4, 0.5) is 0 Å². The molecule has 19 heavy (non-hydrogen) atoms. The van der Waals surface area contributed by atoms with E-state index in [4.69, 9.17) is 0 Å². The lowest BCUT2D eigenvalue weighted by atomic mass is 10.0. The summed E-state index contributed by atoms with van der Waals surface area (Å²) in [6, 6.07) is 0. The molecule has 0 aromatic heterocycles. The van der Waals surface area contributed by atoms with Gasteiger partial charge in [0.2, 0.25) is 0 Å². The lowest BCUT2D eigenvalue weighted by Gasteiger charge is -2.09. The van der Waals surface area contributed by atoms with Crippen LogP contribution in [0.3, 0.4) is 0 Å². The Morgan fingerprint density at radius 2 is 1.42 bits per heavy atom. The van der Waals surface area contributed by atoms with Crippen LogP contribution >= 0.6 is 12.6 Å². The van der Waals surface area contributed by atoms with Gasteiger partial charge in [-0.05, 0) is 12.5 Å². The summed E-state index contributed by atoms with van der Waals surface area (Å²) in [6.45, 7) is 2.25. The molecule has 2 nitrogen and oxygen atoms in total. The molecule has 3 heteroatoms. The second-order valence-corrected chi connectivity index (χ2v) is 5.66. The highest BCUT2D eigenvalue weighted by Gasteiger charge is 2.07. The van der Waals surface area contributed by atoms with E-state index in [-0.39, 0.29) is 5.76 Å². The summed E-state index contributed by atoms with van der Waals surface area (Å²) >= 11 is 3.99. The Morgan fingerprint density at radius 3 is 1.89 bits per heavy atom. The zero-order chi connectivity index (χ0) is 14.3. The summed E-state index contributed by atoms with van der Waals surface area (Å²) in [7, 11) is 0. The fourth-order valence-corrected chi connectivity index (χ4v) is 2.39. The smallest absolute Gasteiger partial charge is 0.118 e. The SMILES string of the molecule is CCCCCCCCCCCCC(O)C(O)=CCS. The molecule has 1 unspecified atom stereocenters. The number of aliphatic hydroxyl groups excluding tert-OH is 2. The van der Waals surface area contributed by atoms with Gasteiger partial charge in [0.05, 0.1) is 0 Å². The molecule has 0 aliphatic heterocycles. The molecular weight excluding hydrogens is 256 g/mol. The number of hydrogen-bond donors (Lipinski definition) is 3. The lowest BCUT2D eigenvalue weighted by molar-refractivity contribution is 0.141. The van der Waals surface area contributed by atoms with E-state index in [0.717, 1.165) is 12.8 Å². The van der Waals surface area contributed by atoms with Crippen molar-refractivity contribution in [2.45, 2.75) is 83.7 Å². The van der Waals surface area contributed by atoms with Crippen LogP contribution in [0.25, 0.3) is 0 Å². The molecule has 0 fully saturated rings. The van der Waals surface area contributed by atoms with Crippen molar-refractivity contribution < 1.29 is 10.2 Å². The monoisotopic (exact) mass is 288 g/mol. The summed E-state index contributed by atoms with van der Waals surface area (Å²) in [5.74, 6) is 0.548. The minimum Gasteiger partial charge on any atom is -0.510 e. The predicted molar refractivity (Wildman–Crippen MR) is 87.0 cm³/mol. The van der Waals surface area contributed by atoms with E-state index in [9.17, 15) is 10.2 Å². The Hall–Kier alpha value is -0.150. The van der Waals surface area contributed by atoms with Gasteiger partial charge in [-0.25, -0.2) is 0 Å². The summed E-state index contributed by atoms with van der Waals surface area (Å²) in [5.41, 5.74) is 0. The molecule has 0 aliphatic carbocycles. The molecular formula is C16H32O2S. The third-order valence-electron chi connectivity index (χ3n) is 3.47. The molecule has 0 aliphatic rings. The average molecular weight is 288 g/mol. The van der Waals surface area contributed by atoms with Crippen molar-refractivity contribution >= 4 is 12.6 Å². The van der Waals surface area contributed by atoms with E-state index in [2.05, 4.69) is 19.6 Å². The summed E-state index contributed by atoms with van der Waals surface area (Å²) in [6.07, 6.45) is 14.4. The Balaban J connectivity index is 3.25. The molecule has 0 saturated heterocycles. The van der Waals surface area contributed by atoms with Crippen molar-refractivity contribution in [2.24, 2.45) is 0 Å². The highest BCUT2D eigenvalue weighted by atomic mass is 32.1. The van der Waals surface area contributed by atoms with E-state index < -0.39 is 6.10 Å². The van der Waals surface area contributed by atoms with Crippen molar-refractivity contribution in [1.29, 1.82) is 0 Å². The molecule has 0 radical (unpaired) electrons. The second kappa shape index (κ2) is 14.3. The number of thiol groups is 1. The molecule has 0 bridgehead atoms. The van der Waals surface area contributed by atoms with E-state index >= 15 is 0 Å². The number of rotatable bonds is 13. The first-order valence-electron chi connectivity index (χ1n) is 7.90. The van der Waals surface area contributed by atoms with Crippen LogP contribution < -0.4 is 0 Å². The van der Waals surface area contributed by atoms with Gasteiger partial charge >= 0.3 is 0 Å². The van der Waals surface area contributed by atoms with Gasteiger partial charge < -0.3 is 10.2 Å². The number of unbranched alkanes of at least 4 members (excludes halogenated alkanes) is 9. The molecule has 0 aromatic carbocycles. The molecule has 1 atom stereocenters. The lowest BCUT2D eigenvalue weighted by Crippen LogP contribution is -2.10. The maximum atomic E-state index is 9.62. The van der Waals surface area contributed by atoms with Crippen molar-refractivity contribution in [1.82, 2.24) is 0 Å². The average Bonchev–Trinajstić information content (AvgIpc) is 2.41. The maximum absolute atomic E-state index is 9.62. The van der Waals surface area contributed by atoms with Crippen molar-refractivity contribution in [3.63, 3.8) is 0 Å². The first-order valence-corrected chi connectivity index (χ1v) is 8.53. The minimum atomic E-state index is -0.693. The summed E-state index contributed by atoms with van der Waals surface area (Å²) in [5, 5.41) is 19.0. The zero-order valence-electron chi connectivity index (χ0n) is 12.5. The fourth-order valence-electron chi connectivity index (χ4n) is 2.20. The Labute approximate surface area is 124 Å². The summed E-state index contributed by atoms with van der Waals surface area (Å²) in [4.78, 5) is 0. The third kappa shape index (κ3) is 12.6. The molecule has 0 aromatic rings. The fraction of sp³-hybridized carbons (Fsp3) is 0.875. The Morgan fingerprint density at radius 1 is 0.947 bits per heavy atom.